The fraction of sp³-hybridized carbons (Fsp3) is 0.812. The van der Waals surface area contributed by atoms with Gasteiger partial charge >= 0.3 is 11.9 Å². The summed E-state index contributed by atoms with van der Waals surface area (Å²) in [5.74, 6) is -0.884. The Morgan fingerprint density at radius 1 is 0.611 bits per heavy atom. The van der Waals surface area contributed by atoms with E-state index in [2.05, 4.69) is 38.2 Å². The van der Waals surface area contributed by atoms with Gasteiger partial charge in [0, 0.05) is 12.8 Å². The lowest BCUT2D eigenvalue weighted by atomic mass is 10.0. The lowest BCUT2D eigenvalue weighted by molar-refractivity contribution is -0.150. The zero-order valence-corrected chi connectivity index (χ0v) is 23.8. The molecule has 4 heteroatoms. The first-order valence-corrected chi connectivity index (χ1v) is 15.3. The predicted molar refractivity (Wildman–Crippen MR) is 153 cm³/mol. The van der Waals surface area contributed by atoms with Crippen molar-refractivity contribution >= 4 is 11.9 Å². The number of carboxylic acid groups (broad SMARTS) is 1. The first kappa shape index (κ1) is 34.4. The molecule has 0 spiro atoms. The van der Waals surface area contributed by atoms with Crippen LogP contribution in [0.4, 0.5) is 0 Å². The summed E-state index contributed by atoms with van der Waals surface area (Å²) in [6, 6.07) is 0. The van der Waals surface area contributed by atoms with Crippen molar-refractivity contribution in [3.63, 3.8) is 0 Å². The SMILES string of the molecule is CCCCC/C=C\C/C=C\CCCCCCCC(=O)OC(CCCCCCCCC)CCCC(=O)O. The van der Waals surface area contributed by atoms with Crippen LogP contribution in [0.15, 0.2) is 24.3 Å². The molecule has 0 aromatic rings. The minimum absolute atomic E-state index is 0.107. The van der Waals surface area contributed by atoms with Crippen molar-refractivity contribution in [2.24, 2.45) is 0 Å². The fourth-order valence-electron chi connectivity index (χ4n) is 4.40. The van der Waals surface area contributed by atoms with Crippen LogP contribution in [0.3, 0.4) is 0 Å². The lowest BCUT2D eigenvalue weighted by Crippen LogP contribution is -2.18. The van der Waals surface area contributed by atoms with Gasteiger partial charge in [0.2, 0.25) is 0 Å². The molecule has 4 nitrogen and oxygen atoms in total. The summed E-state index contributed by atoms with van der Waals surface area (Å²) >= 11 is 0. The second kappa shape index (κ2) is 28.0. The Morgan fingerprint density at radius 3 is 1.75 bits per heavy atom. The topological polar surface area (TPSA) is 63.6 Å². The molecule has 0 aliphatic carbocycles. The molecule has 1 N–H and O–H groups in total. The number of carbonyl (C=O) groups excluding carboxylic acids is 1. The molecule has 0 aromatic carbocycles. The summed E-state index contributed by atoms with van der Waals surface area (Å²) < 4.78 is 5.75. The summed E-state index contributed by atoms with van der Waals surface area (Å²) in [6.45, 7) is 4.47. The third-order valence-electron chi connectivity index (χ3n) is 6.68. The summed E-state index contributed by atoms with van der Waals surface area (Å²) in [6.07, 6.45) is 33.2. The summed E-state index contributed by atoms with van der Waals surface area (Å²) in [4.78, 5) is 23.2. The van der Waals surface area contributed by atoms with E-state index in [4.69, 9.17) is 9.84 Å². The monoisotopic (exact) mass is 506 g/mol. The predicted octanol–water partition coefficient (Wildman–Crippen LogP) is 10.1. The van der Waals surface area contributed by atoms with Crippen LogP contribution in [0.1, 0.15) is 162 Å². The van der Waals surface area contributed by atoms with E-state index in [9.17, 15) is 9.59 Å². The van der Waals surface area contributed by atoms with Gasteiger partial charge < -0.3 is 9.84 Å². The molecular weight excluding hydrogens is 448 g/mol. The van der Waals surface area contributed by atoms with Gasteiger partial charge in [-0.3, -0.25) is 9.59 Å². The van der Waals surface area contributed by atoms with E-state index in [1.165, 1.54) is 83.5 Å². The number of rotatable bonds is 27. The molecule has 1 unspecified atom stereocenters. The molecule has 0 aromatic heterocycles. The standard InChI is InChI=1S/C32H58O4/c1-3-5-7-9-11-12-13-14-15-16-17-18-20-22-24-29-32(35)36-30(27-25-28-31(33)34)26-23-21-19-10-8-6-4-2/h11-12,14-15,30H,3-10,13,16-29H2,1-2H3,(H,33,34)/b12-11-,15-14-. The van der Waals surface area contributed by atoms with Crippen LogP contribution in [-0.4, -0.2) is 23.1 Å². The molecule has 0 bridgehead atoms. The molecule has 1 atom stereocenters. The number of ether oxygens (including phenoxy) is 1. The molecule has 210 valence electrons. The van der Waals surface area contributed by atoms with Gasteiger partial charge in [-0.25, -0.2) is 0 Å². The second-order valence-electron chi connectivity index (χ2n) is 10.3. The molecule has 0 saturated heterocycles. The van der Waals surface area contributed by atoms with E-state index < -0.39 is 5.97 Å². The van der Waals surface area contributed by atoms with Gasteiger partial charge in [0.15, 0.2) is 0 Å². The van der Waals surface area contributed by atoms with Crippen LogP contribution in [0.2, 0.25) is 0 Å². The number of hydrogen-bond acceptors (Lipinski definition) is 3. The first-order chi connectivity index (χ1) is 17.6. The number of hydrogen-bond donors (Lipinski definition) is 1. The number of carbonyl (C=O) groups is 2. The molecule has 0 radical (unpaired) electrons. The molecule has 0 saturated carbocycles. The quantitative estimate of drug-likeness (QED) is 0.0683. The highest BCUT2D eigenvalue weighted by atomic mass is 16.5. The Balaban J connectivity index is 3.86. The van der Waals surface area contributed by atoms with Crippen molar-refractivity contribution in [3.05, 3.63) is 24.3 Å². The highest BCUT2D eigenvalue weighted by molar-refractivity contribution is 5.69. The van der Waals surface area contributed by atoms with Gasteiger partial charge in [0.05, 0.1) is 0 Å². The summed E-state index contributed by atoms with van der Waals surface area (Å²) in [5.41, 5.74) is 0. The van der Waals surface area contributed by atoms with Crippen molar-refractivity contribution in [1.29, 1.82) is 0 Å². The number of esters is 1. The van der Waals surface area contributed by atoms with Crippen LogP contribution < -0.4 is 0 Å². The second-order valence-corrected chi connectivity index (χ2v) is 10.3. The number of aliphatic carboxylic acids is 1. The van der Waals surface area contributed by atoms with E-state index in [0.717, 1.165) is 38.5 Å². The van der Waals surface area contributed by atoms with Crippen LogP contribution in [0.5, 0.6) is 0 Å². The van der Waals surface area contributed by atoms with Crippen LogP contribution in [0.25, 0.3) is 0 Å². The Bertz CT molecular complexity index is 552. The Labute approximate surface area is 223 Å². The van der Waals surface area contributed by atoms with Crippen molar-refractivity contribution in [1.82, 2.24) is 0 Å². The molecule has 0 amide bonds. The van der Waals surface area contributed by atoms with E-state index in [-0.39, 0.29) is 18.5 Å². The zero-order valence-electron chi connectivity index (χ0n) is 23.8. The average Bonchev–Trinajstić information content (AvgIpc) is 2.85. The van der Waals surface area contributed by atoms with Gasteiger partial charge in [0.25, 0.3) is 0 Å². The van der Waals surface area contributed by atoms with E-state index in [1.807, 2.05) is 0 Å². The van der Waals surface area contributed by atoms with Crippen molar-refractivity contribution in [2.75, 3.05) is 0 Å². The zero-order chi connectivity index (χ0) is 26.5. The van der Waals surface area contributed by atoms with E-state index in [0.29, 0.717) is 19.3 Å². The normalized spacial score (nSPS) is 12.5. The maximum Gasteiger partial charge on any atom is 0.306 e. The third-order valence-corrected chi connectivity index (χ3v) is 6.68. The van der Waals surface area contributed by atoms with Crippen molar-refractivity contribution < 1.29 is 19.4 Å². The van der Waals surface area contributed by atoms with Gasteiger partial charge in [-0.15, -0.1) is 0 Å². The molecule has 0 rings (SSSR count). The smallest absolute Gasteiger partial charge is 0.306 e. The Kier molecular flexibility index (Phi) is 26.8. The highest BCUT2D eigenvalue weighted by Gasteiger charge is 2.15. The van der Waals surface area contributed by atoms with Gasteiger partial charge in [-0.1, -0.05) is 109 Å². The Morgan fingerprint density at radius 2 is 1.11 bits per heavy atom. The molecule has 0 aliphatic heterocycles. The molecule has 0 aliphatic rings. The molecular formula is C32H58O4. The molecule has 0 heterocycles. The van der Waals surface area contributed by atoms with Gasteiger partial charge in [-0.05, 0) is 64.2 Å². The molecule has 0 fully saturated rings. The maximum absolute atomic E-state index is 12.3. The molecule has 36 heavy (non-hydrogen) atoms. The summed E-state index contributed by atoms with van der Waals surface area (Å²) in [5, 5.41) is 8.91. The largest absolute Gasteiger partial charge is 0.481 e. The number of unbranched alkanes of at least 4 members (excludes halogenated alkanes) is 14. The van der Waals surface area contributed by atoms with Crippen LogP contribution in [-0.2, 0) is 14.3 Å². The maximum atomic E-state index is 12.3. The lowest BCUT2D eigenvalue weighted by Gasteiger charge is -2.18. The number of carboxylic acids is 1. The Hall–Kier alpha value is -1.58. The van der Waals surface area contributed by atoms with E-state index in [1.54, 1.807) is 0 Å². The first-order valence-electron chi connectivity index (χ1n) is 15.3. The van der Waals surface area contributed by atoms with E-state index >= 15 is 0 Å². The van der Waals surface area contributed by atoms with Crippen LogP contribution in [0, 0.1) is 0 Å². The summed E-state index contributed by atoms with van der Waals surface area (Å²) in [7, 11) is 0. The highest BCUT2D eigenvalue weighted by Crippen LogP contribution is 2.17. The minimum Gasteiger partial charge on any atom is -0.481 e. The van der Waals surface area contributed by atoms with Gasteiger partial charge in [-0.2, -0.15) is 0 Å². The minimum atomic E-state index is -0.777. The fourth-order valence-corrected chi connectivity index (χ4v) is 4.40. The van der Waals surface area contributed by atoms with Crippen molar-refractivity contribution in [3.8, 4) is 0 Å². The van der Waals surface area contributed by atoms with Crippen LogP contribution >= 0.6 is 0 Å². The van der Waals surface area contributed by atoms with Gasteiger partial charge in [0.1, 0.15) is 6.10 Å². The van der Waals surface area contributed by atoms with Crippen molar-refractivity contribution in [2.45, 2.75) is 168 Å². The third kappa shape index (κ3) is 27.0. The number of allylic oxidation sites excluding steroid dienone is 4. The average molecular weight is 507 g/mol.